The normalized spacial score (nSPS) is 18.2. The summed E-state index contributed by atoms with van der Waals surface area (Å²) in [4.78, 5) is 25.9. The maximum Gasteiger partial charge on any atom is 0.251 e. The van der Waals surface area contributed by atoms with Gasteiger partial charge in [0.1, 0.15) is 5.75 Å². The zero-order valence-electron chi connectivity index (χ0n) is 12.4. The Morgan fingerprint density at radius 2 is 2.10 bits per heavy atom. The fourth-order valence-corrected chi connectivity index (χ4v) is 2.31. The van der Waals surface area contributed by atoms with Gasteiger partial charge in [0.15, 0.2) is 0 Å². The molecule has 2 N–H and O–H groups in total. The molecule has 2 amide bonds. The van der Waals surface area contributed by atoms with Crippen molar-refractivity contribution in [2.75, 3.05) is 33.3 Å². The molecule has 1 saturated heterocycles. The SMILES string of the molecule is COc1ccc(C(=O)NCC(=O)N2CCNC[C@@H]2C)cc1. The number of hydrogen-bond acceptors (Lipinski definition) is 4. The fraction of sp³-hybridized carbons (Fsp3) is 0.467. The Morgan fingerprint density at radius 1 is 1.38 bits per heavy atom. The Kier molecular flexibility index (Phi) is 5.16. The smallest absolute Gasteiger partial charge is 0.251 e. The molecule has 0 radical (unpaired) electrons. The molecule has 1 aromatic carbocycles. The second-order valence-corrected chi connectivity index (χ2v) is 5.05. The lowest BCUT2D eigenvalue weighted by atomic mass is 10.2. The number of carbonyl (C=O) groups excluding carboxylic acids is 2. The zero-order valence-corrected chi connectivity index (χ0v) is 12.4. The van der Waals surface area contributed by atoms with Crippen molar-refractivity contribution in [2.24, 2.45) is 0 Å². The van der Waals surface area contributed by atoms with E-state index in [4.69, 9.17) is 4.74 Å². The minimum Gasteiger partial charge on any atom is -0.497 e. The minimum absolute atomic E-state index is 0.0230. The molecular weight excluding hydrogens is 270 g/mol. The van der Waals surface area contributed by atoms with Gasteiger partial charge >= 0.3 is 0 Å². The Balaban J connectivity index is 1.86. The van der Waals surface area contributed by atoms with E-state index in [0.29, 0.717) is 17.9 Å². The number of benzene rings is 1. The van der Waals surface area contributed by atoms with E-state index in [9.17, 15) is 9.59 Å². The van der Waals surface area contributed by atoms with E-state index in [1.165, 1.54) is 0 Å². The van der Waals surface area contributed by atoms with Crippen LogP contribution >= 0.6 is 0 Å². The van der Waals surface area contributed by atoms with Gasteiger partial charge < -0.3 is 20.3 Å². The first kappa shape index (κ1) is 15.3. The summed E-state index contributed by atoms with van der Waals surface area (Å²) in [6, 6.07) is 6.94. The van der Waals surface area contributed by atoms with Crippen LogP contribution in [-0.2, 0) is 4.79 Å². The van der Waals surface area contributed by atoms with Crippen LogP contribution in [0.4, 0.5) is 0 Å². The van der Waals surface area contributed by atoms with Crippen molar-refractivity contribution >= 4 is 11.8 Å². The monoisotopic (exact) mass is 291 g/mol. The molecule has 21 heavy (non-hydrogen) atoms. The lowest BCUT2D eigenvalue weighted by Gasteiger charge is -2.34. The molecule has 1 heterocycles. The number of rotatable bonds is 4. The lowest BCUT2D eigenvalue weighted by Crippen LogP contribution is -2.54. The van der Waals surface area contributed by atoms with Crippen molar-refractivity contribution < 1.29 is 14.3 Å². The predicted octanol–water partition coefficient (Wildman–Crippen LogP) is 0.245. The molecular formula is C15H21N3O3. The highest BCUT2D eigenvalue weighted by Crippen LogP contribution is 2.11. The summed E-state index contributed by atoms with van der Waals surface area (Å²) in [6.07, 6.45) is 0. The highest BCUT2D eigenvalue weighted by Gasteiger charge is 2.23. The first-order valence-corrected chi connectivity index (χ1v) is 7.04. The van der Waals surface area contributed by atoms with Gasteiger partial charge in [-0.15, -0.1) is 0 Å². The molecule has 1 aromatic rings. The second kappa shape index (κ2) is 7.08. The molecule has 0 spiro atoms. The van der Waals surface area contributed by atoms with Gasteiger partial charge in [-0.05, 0) is 31.2 Å². The Bertz CT molecular complexity index is 501. The topological polar surface area (TPSA) is 70.7 Å². The second-order valence-electron chi connectivity index (χ2n) is 5.05. The van der Waals surface area contributed by atoms with Gasteiger partial charge in [0.2, 0.25) is 5.91 Å². The van der Waals surface area contributed by atoms with Gasteiger partial charge in [0, 0.05) is 31.2 Å². The van der Waals surface area contributed by atoms with Gasteiger partial charge in [-0.2, -0.15) is 0 Å². The number of nitrogens with one attached hydrogen (secondary N) is 2. The third kappa shape index (κ3) is 3.95. The summed E-state index contributed by atoms with van der Waals surface area (Å²) >= 11 is 0. The molecule has 114 valence electrons. The third-order valence-electron chi connectivity index (χ3n) is 3.57. The zero-order chi connectivity index (χ0) is 15.2. The largest absolute Gasteiger partial charge is 0.497 e. The number of carbonyl (C=O) groups is 2. The van der Waals surface area contributed by atoms with Crippen molar-refractivity contribution in [3.05, 3.63) is 29.8 Å². The molecule has 0 saturated carbocycles. The van der Waals surface area contributed by atoms with Gasteiger partial charge in [-0.25, -0.2) is 0 Å². The molecule has 1 aliphatic heterocycles. The van der Waals surface area contributed by atoms with Crippen LogP contribution in [0.1, 0.15) is 17.3 Å². The number of methoxy groups -OCH3 is 1. The molecule has 2 rings (SSSR count). The molecule has 6 heteroatoms. The maximum absolute atomic E-state index is 12.1. The van der Waals surface area contributed by atoms with E-state index in [-0.39, 0.29) is 24.4 Å². The van der Waals surface area contributed by atoms with E-state index in [1.54, 1.807) is 36.3 Å². The average molecular weight is 291 g/mol. The van der Waals surface area contributed by atoms with Gasteiger partial charge in [0.25, 0.3) is 5.91 Å². The third-order valence-corrected chi connectivity index (χ3v) is 3.57. The van der Waals surface area contributed by atoms with E-state index in [1.807, 2.05) is 6.92 Å². The average Bonchev–Trinajstić information content (AvgIpc) is 2.52. The van der Waals surface area contributed by atoms with Crippen LogP contribution in [0, 0.1) is 0 Å². The Hall–Kier alpha value is -2.08. The number of nitrogens with zero attached hydrogens (tertiary/aromatic N) is 1. The fourth-order valence-electron chi connectivity index (χ4n) is 2.31. The van der Waals surface area contributed by atoms with E-state index >= 15 is 0 Å². The molecule has 6 nitrogen and oxygen atoms in total. The van der Waals surface area contributed by atoms with Crippen molar-refractivity contribution in [3.8, 4) is 5.75 Å². The van der Waals surface area contributed by atoms with Crippen LogP contribution in [-0.4, -0.2) is 56.0 Å². The first-order valence-electron chi connectivity index (χ1n) is 7.04. The van der Waals surface area contributed by atoms with Gasteiger partial charge in [0.05, 0.1) is 13.7 Å². The summed E-state index contributed by atoms with van der Waals surface area (Å²) in [6.45, 7) is 4.28. The Labute approximate surface area is 124 Å². The number of piperazine rings is 1. The highest BCUT2D eigenvalue weighted by atomic mass is 16.5. The molecule has 0 aromatic heterocycles. The van der Waals surface area contributed by atoms with Crippen molar-refractivity contribution in [1.29, 1.82) is 0 Å². The van der Waals surface area contributed by atoms with Crippen LogP contribution < -0.4 is 15.4 Å². The predicted molar refractivity (Wildman–Crippen MR) is 79.4 cm³/mol. The van der Waals surface area contributed by atoms with Crippen LogP contribution in [0.25, 0.3) is 0 Å². The standard InChI is InChI=1S/C15H21N3O3/c1-11-9-16-7-8-18(11)14(19)10-17-15(20)12-3-5-13(21-2)6-4-12/h3-6,11,16H,7-10H2,1-2H3,(H,17,20)/t11-/m0/s1. The molecule has 0 aliphatic carbocycles. The summed E-state index contributed by atoms with van der Waals surface area (Å²) in [5.41, 5.74) is 0.511. The van der Waals surface area contributed by atoms with Gasteiger partial charge in [-0.3, -0.25) is 9.59 Å². The summed E-state index contributed by atoms with van der Waals surface area (Å²) in [7, 11) is 1.57. The number of hydrogen-bond donors (Lipinski definition) is 2. The summed E-state index contributed by atoms with van der Waals surface area (Å²) < 4.78 is 5.04. The quantitative estimate of drug-likeness (QED) is 0.834. The lowest BCUT2D eigenvalue weighted by molar-refractivity contribution is -0.132. The first-order chi connectivity index (χ1) is 10.1. The Morgan fingerprint density at radius 3 is 2.71 bits per heavy atom. The van der Waals surface area contributed by atoms with Crippen molar-refractivity contribution in [2.45, 2.75) is 13.0 Å². The minimum atomic E-state index is -0.256. The van der Waals surface area contributed by atoms with Crippen LogP contribution in [0.2, 0.25) is 0 Å². The van der Waals surface area contributed by atoms with Gasteiger partial charge in [-0.1, -0.05) is 0 Å². The maximum atomic E-state index is 12.1. The van der Waals surface area contributed by atoms with E-state index < -0.39 is 0 Å². The molecule has 1 aliphatic rings. The van der Waals surface area contributed by atoms with E-state index in [0.717, 1.165) is 13.1 Å². The van der Waals surface area contributed by atoms with Crippen LogP contribution in [0.15, 0.2) is 24.3 Å². The molecule has 0 unspecified atom stereocenters. The highest BCUT2D eigenvalue weighted by molar-refractivity contribution is 5.96. The van der Waals surface area contributed by atoms with Crippen LogP contribution in [0.3, 0.4) is 0 Å². The summed E-state index contributed by atoms with van der Waals surface area (Å²) in [5, 5.41) is 5.89. The number of amides is 2. The van der Waals surface area contributed by atoms with E-state index in [2.05, 4.69) is 10.6 Å². The van der Waals surface area contributed by atoms with Crippen molar-refractivity contribution in [3.63, 3.8) is 0 Å². The van der Waals surface area contributed by atoms with Crippen LogP contribution in [0.5, 0.6) is 5.75 Å². The molecule has 1 fully saturated rings. The van der Waals surface area contributed by atoms with Crippen molar-refractivity contribution in [1.82, 2.24) is 15.5 Å². The number of ether oxygens (including phenoxy) is 1. The summed E-state index contributed by atoms with van der Waals surface area (Å²) in [5.74, 6) is 0.386. The molecule has 0 bridgehead atoms. The molecule has 1 atom stereocenters.